The summed E-state index contributed by atoms with van der Waals surface area (Å²) in [5.41, 5.74) is 1.48. The van der Waals surface area contributed by atoms with Crippen molar-refractivity contribution in [2.75, 3.05) is 53.2 Å². The zero-order valence-electron chi connectivity index (χ0n) is 17.5. The first-order valence-corrected chi connectivity index (χ1v) is 10.6. The largest absolute Gasteiger partial charge is 0.381 e. The van der Waals surface area contributed by atoms with Crippen LogP contribution in [0.3, 0.4) is 0 Å². The maximum Gasteiger partial charge on any atom is 0.191 e. The van der Waals surface area contributed by atoms with Crippen LogP contribution in [0.25, 0.3) is 0 Å². The van der Waals surface area contributed by atoms with Crippen molar-refractivity contribution in [2.45, 2.75) is 43.6 Å². The molecule has 29 heavy (non-hydrogen) atoms. The average Bonchev–Trinajstić information content (AvgIpc) is 3.27. The van der Waals surface area contributed by atoms with E-state index in [0.717, 1.165) is 77.6 Å². The van der Waals surface area contributed by atoms with Gasteiger partial charge in [-0.15, -0.1) is 24.0 Å². The number of ether oxygens (including phenoxy) is 3. The molecule has 1 atom stereocenters. The van der Waals surface area contributed by atoms with Crippen molar-refractivity contribution in [3.63, 3.8) is 0 Å². The van der Waals surface area contributed by atoms with Gasteiger partial charge in [0.25, 0.3) is 0 Å². The first kappa shape index (κ1) is 24.4. The van der Waals surface area contributed by atoms with Gasteiger partial charge in [0.1, 0.15) is 0 Å². The highest BCUT2D eigenvalue weighted by atomic mass is 127. The molecule has 0 aliphatic carbocycles. The number of aliphatic imine (C=N–C) groups is 1. The molecule has 2 aliphatic rings. The summed E-state index contributed by atoms with van der Waals surface area (Å²) in [5, 5.41) is 6.94. The molecule has 2 saturated heterocycles. The Morgan fingerprint density at radius 3 is 2.66 bits per heavy atom. The van der Waals surface area contributed by atoms with Crippen LogP contribution in [0.5, 0.6) is 0 Å². The van der Waals surface area contributed by atoms with E-state index in [2.05, 4.69) is 46.0 Å². The number of nitrogens with one attached hydrogen (secondary N) is 2. The first-order valence-electron chi connectivity index (χ1n) is 10.6. The molecule has 2 aliphatic heterocycles. The molecule has 2 N–H and O–H groups in total. The smallest absolute Gasteiger partial charge is 0.191 e. The van der Waals surface area contributed by atoms with E-state index >= 15 is 0 Å². The summed E-state index contributed by atoms with van der Waals surface area (Å²) in [5.74, 6) is 0.848. The SMILES string of the molecule is CN=C(NCCCOCC1CCCO1)NCC1(c2ccccc2)CCOCC1.I. The predicted octanol–water partition coefficient (Wildman–Crippen LogP) is 3.10. The molecule has 0 spiro atoms. The third kappa shape index (κ3) is 7.70. The second kappa shape index (κ2) is 13.4. The number of guanidine groups is 1. The molecule has 0 radical (unpaired) electrons. The first-order chi connectivity index (χ1) is 13.8. The Hall–Kier alpha value is -0.900. The van der Waals surface area contributed by atoms with E-state index in [0.29, 0.717) is 12.7 Å². The Labute approximate surface area is 192 Å². The van der Waals surface area contributed by atoms with Crippen molar-refractivity contribution in [2.24, 2.45) is 4.99 Å². The van der Waals surface area contributed by atoms with Crippen LogP contribution in [-0.2, 0) is 19.6 Å². The topological polar surface area (TPSA) is 64.1 Å². The van der Waals surface area contributed by atoms with Gasteiger partial charge < -0.3 is 24.8 Å². The lowest BCUT2D eigenvalue weighted by molar-refractivity contribution is 0.0168. The summed E-state index contributed by atoms with van der Waals surface area (Å²) in [7, 11) is 1.82. The molecule has 1 aromatic rings. The maximum atomic E-state index is 5.72. The summed E-state index contributed by atoms with van der Waals surface area (Å²) >= 11 is 0. The van der Waals surface area contributed by atoms with Gasteiger partial charge in [-0.1, -0.05) is 30.3 Å². The molecule has 0 aromatic heterocycles. The standard InChI is InChI=1S/C22H35N3O3.HI/c1-23-21(24-12-6-13-27-17-20-9-5-14-28-20)25-18-22(10-15-26-16-11-22)19-7-3-2-4-8-19;/h2-4,7-8,20H,5-6,9-18H2,1H3,(H2,23,24,25);1H. The minimum atomic E-state index is 0. The molecule has 1 aromatic carbocycles. The van der Waals surface area contributed by atoms with Crippen LogP contribution in [0.2, 0.25) is 0 Å². The zero-order valence-corrected chi connectivity index (χ0v) is 19.9. The number of benzene rings is 1. The minimum absolute atomic E-state index is 0. The lowest BCUT2D eigenvalue weighted by atomic mass is 9.74. The van der Waals surface area contributed by atoms with Crippen molar-refractivity contribution >= 4 is 29.9 Å². The quantitative estimate of drug-likeness (QED) is 0.228. The zero-order chi connectivity index (χ0) is 19.5. The van der Waals surface area contributed by atoms with E-state index in [4.69, 9.17) is 14.2 Å². The normalized spacial score (nSPS) is 21.4. The summed E-state index contributed by atoms with van der Waals surface area (Å²) in [6.07, 6.45) is 5.59. The van der Waals surface area contributed by atoms with Crippen LogP contribution in [0.4, 0.5) is 0 Å². The van der Waals surface area contributed by atoms with E-state index in [1.807, 2.05) is 7.05 Å². The van der Waals surface area contributed by atoms with E-state index in [9.17, 15) is 0 Å². The van der Waals surface area contributed by atoms with Gasteiger partial charge in [-0.2, -0.15) is 0 Å². The Kier molecular flexibility index (Phi) is 11.3. The molecular formula is C22H36IN3O3. The molecule has 0 amide bonds. The number of hydrogen-bond donors (Lipinski definition) is 2. The third-order valence-corrected chi connectivity index (χ3v) is 5.74. The highest BCUT2D eigenvalue weighted by Gasteiger charge is 2.34. The Balaban J connectivity index is 0.00000300. The molecule has 1 unspecified atom stereocenters. The van der Waals surface area contributed by atoms with Crippen molar-refractivity contribution in [3.8, 4) is 0 Å². The number of rotatable bonds is 9. The van der Waals surface area contributed by atoms with Gasteiger partial charge in [-0.25, -0.2) is 0 Å². The second-order valence-corrected chi connectivity index (χ2v) is 7.67. The summed E-state index contributed by atoms with van der Waals surface area (Å²) in [6.45, 7) is 5.66. The Morgan fingerprint density at radius 2 is 1.97 bits per heavy atom. The van der Waals surface area contributed by atoms with Gasteiger partial charge >= 0.3 is 0 Å². The van der Waals surface area contributed by atoms with Crippen LogP contribution < -0.4 is 10.6 Å². The Morgan fingerprint density at radius 1 is 1.17 bits per heavy atom. The fourth-order valence-electron chi connectivity index (χ4n) is 3.97. The third-order valence-electron chi connectivity index (χ3n) is 5.74. The highest BCUT2D eigenvalue weighted by molar-refractivity contribution is 14.0. The minimum Gasteiger partial charge on any atom is -0.381 e. The van der Waals surface area contributed by atoms with Crippen LogP contribution in [0.15, 0.2) is 35.3 Å². The molecule has 3 rings (SSSR count). The van der Waals surface area contributed by atoms with Gasteiger partial charge in [-0.05, 0) is 37.7 Å². The molecule has 164 valence electrons. The Bertz CT molecular complexity index is 588. The van der Waals surface area contributed by atoms with Gasteiger partial charge in [0.15, 0.2) is 5.96 Å². The number of hydrogen-bond acceptors (Lipinski definition) is 4. The van der Waals surface area contributed by atoms with E-state index in [-0.39, 0.29) is 29.4 Å². The van der Waals surface area contributed by atoms with Crippen molar-refractivity contribution in [1.29, 1.82) is 0 Å². The number of halogens is 1. The second-order valence-electron chi connectivity index (χ2n) is 7.67. The van der Waals surface area contributed by atoms with Crippen molar-refractivity contribution < 1.29 is 14.2 Å². The van der Waals surface area contributed by atoms with Crippen LogP contribution in [0, 0.1) is 0 Å². The van der Waals surface area contributed by atoms with E-state index < -0.39 is 0 Å². The van der Waals surface area contributed by atoms with E-state index in [1.165, 1.54) is 5.56 Å². The summed E-state index contributed by atoms with van der Waals surface area (Å²) < 4.78 is 16.9. The molecule has 0 bridgehead atoms. The summed E-state index contributed by atoms with van der Waals surface area (Å²) in [4.78, 5) is 4.38. The maximum absolute atomic E-state index is 5.72. The lowest BCUT2D eigenvalue weighted by Gasteiger charge is -2.38. The van der Waals surface area contributed by atoms with Gasteiger partial charge in [0.2, 0.25) is 0 Å². The molecule has 6 nitrogen and oxygen atoms in total. The van der Waals surface area contributed by atoms with Gasteiger partial charge in [-0.3, -0.25) is 4.99 Å². The molecule has 2 fully saturated rings. The summed E-state index contributed by atoms with van der Waals surface area (Å²) in [6, 6.07) is 10.8. The van der Waals surface area contributed by atoms with Crippen LogP contribution in [0.1, 0.15) is 37.7 Å². The molecular weight excluding hydrogens is 481 g/mol. The van der Waals surface area contributed by atoms with Gasteiger partial charge in [0, 0.05) is 52.0 Å². The predicted molar refractivity (Wildman–Crippen MR) is 127 cm³/mol. The lowest BCUT2D eigenvalue weighted by Crippen LogP contribution is -2.48. The van der Waals surface area contributed by atoms with Crippen LogP contribution >= 0.6 is 24.0 Å². The van der Waals surface area contributed by atoms with E-state index in [1.54, 1.807) is 0 Å². The fraction of sp³-hybridized carbons (Fsp3) is 0.682. The van der Waals surface area contributed by atoms with Crippen molar-refractivity contribution in [1.82, 2.24) is 10.6 Å². The molecule has 7 heteroatoms. The molecule has 0 saturated carbocycles. The van der Waals surface area contributed by atoms with Gasteiger partial charge in [0.05, 0.1) is 12.7 Å². The average molecular weight is 517 g/mol. The number of nitrogens with zero attached hydrogens (tertiary/aromatic N) is 1. The fourth-order valence-corrected chi connectivity index (χ4v) is 3.97. The highest BCUT2D eigenvalue weighted by Crippen LogP contribution is 2.34. The molecule has 2 heterocycles. The monoisotopic (exact) mass is 517 g/mol. The van der Waals surface area contributed by atoms with Crippen molar-refractivity contribution in [3.05, 3.63) is 35.9 Å². The van der Waals surface area contributed by atoms with Crippen LogP contribution in [-0.4, -0.2) is 65.2 Å².